The van der Waals surface area contributed by atoms with E-state index in [0.717, 1.165) is 28.1 Å². The number of aryl methyl sites for hydroxylation is 1. The first-order valence-corrected chi connectivity index (χ1v) is 15.1. The Hall–Kier alpha value is -2.29. The zero-order valence-electron chi connectivity index (χ0n) is 22.1. The van der Waals surface area contributed by atoms with Crippen molar-refractivity contribution in [2.75, 3.05) is 17.1 Å². The van der Waals surface area contributed by atoms with E-state index in [2.05, 4.69) is 5.32 Å². The third kappa shape index (κ3) is 8.90. The quantitative estimate of drug-likeness (QED) is 0.341. The van der Waals surface area contributed by atoms with E-state index in [-0.39, 0.29) is 54.5 Å². The fourth-order valence-corrected chi connectivity index (χ4v) is 5.40. The highest BCUT2D eigenvalue weighted by atomic mass is 35.5. The van der Waals surface area contributed by atoms with Crippen LogP contribution in [0.15, 0.2) is 42.5 Å². The first-order valence-electron chi connectivity index (χ1n) is 12.5. The summed E-state index contributed by atoms with van der Waals surface area (Å²) < 4.78 is 26.2. The Kier molecular flexibility index (Phi) is 11.7. The van der Waals surface area contributed by atoms with Crippen LogP contribution < -0.4 is 9.62 Å². The molecule has 0 heterocycles. The fourth-order valence-electron chi connectivity index (χ4n) is 3.99. The molecule has 0 saturated carbocycles. The Balaban J connectivity index is 2.27. The first kappa shape index (κ1) is 30.9. The Bertz CT molecular complexity index is 1190. The second-order valence-corrected chi connectivity index (χ2v) is 12.0. The second kappa shape index (κ2) is 14.0. The molecule has 204 valence electrons. The number of sulfonamides is 1. The predicted octanol–water partition coefficient (Wildman–Crippen LogP) is 5.57. The number of hydrogen-bond donors (Lipinski definition) is 1. The van der Waals surface area contributed by atoms with E-state index in [1.54, 1.807) is 11.0 Å². The van der Waals surface area contributed by atoms with Crippen LogP contribution in [-0.2, 0) is 26.2 Å². The molecular formula is C27H37Cl2N3O4S. The molecule has 0 spiro atoms. The molecule has 0 aliphatic carbocycles. The monoisotopic (exact) mass is 569 g/mol. The van der Waals surface area contributed by atoms with Crippen molar-refractivity contribution in [2.45, 2.75) is 72.0 Å². The number of rotatable bonds is 13. The van der Waals surface area contributed by atoms with Gasteiger partial charge in [0.15, 0.2) is 0 Å². The van der Waals surface area contributed by atoms with Crippen LogP contribution in [0, 0.1) is 6.92 Å². The van der Waals surface area contributed by atoms with Crippen LogP contribution in [0.25, 0.3) is 0 Å². The smallest absolute Gasteiger partial charge is 0.243 e. The predicted molar refractivity (Wildman–Crippen MR) is 152 cm³/mol. The van der Waals surface area contributed by atoms with Gasteiger partial charge in [-0.2, -0.15) is 0 Å². The lowest BCUT2D eigenvalue weighted by atomic mass is 10.0. The van der Waals surface area contributed by atoms with Crippen LogP contribution in [0.3, 0.4) is 0 Å². The molecule has 2 rings (SSSR count). The molecule has 0 aromatic heterocycles. The molecule has 0 fully saturated rings. The molecule has 2 atom stereocenters. The Labute approximate surface area is 231 Å². The number of nitrogens with zero attached hydrogens (tertiary/aromatic N) is 2. The highest BCUT2D eigenvalue weighted by molar-refractivity contribution is 7.92. The lowest BCUT2D eigenvalue weighted by molar-refractivity contribution is -0.141. The van der Waals surface area contributed by atoms with Crippen molar-refractivity contribution in [1.29, 1.82) is 0 Å². The summed E-state index contributed by atoms with van der Waals surface area (Å²) in [6.45, 7) is 8.09. The molecule has 10 heteroatoms. The van der Waals surface area contributed by atoms with Gasteiger partial charge in [0.25, 0.3) is 0 Å². The minimum Gasteiger partial charge on any atom is -0.352 e. The summed E-state index contributed by atoms with van der Waals surface area (Å²) in [5.74, 6) is -0.415. The standard InChI is InChI=1S/C27H37Cl2N3O4S/c1-6-20(4)30-27(34)24(7-2)31(18-21-12-9-8-11-19(21)3)26(33)13-10-16-32(37(5,35)36)25-17-22(28)14-15-23(25)29/h8-9,11-12,14-15,17,20,24H,6-7,10,13,16,18H2,1-5H3,(H,30,34)/t20-,24+/m1/s1. The van der Waals surface area contributed by atoms with Crippen molar-refractivity contribution >= 4 is 50.7 Å². The molecule has 2 aromatic rings. The molecule has 7 nitrogen and oxygen atoms in total. The van der Waals surface area contributed by atoms with Crippen LogP contribution >= 0.6 is 23.2 Å². The van der Waals surface area contributed by atoms with Gasteiger partial charge >= 0.3 is 0 Å². The van der Waals surface area contributed by atoms with Gasteiger partial charge < -0.3 is 10.2 Å². The Morgan fingerprint density at radius 3 is 2.32 bits per heavy atom. The van der Waals surface area contributed by atoms with Gasteiger partial charge in [0.2, 0.25) is 21.8 Å². The van der Waals surface area contributed by atoms with Gasteiger partial charge in [-0.05, 0) is 62.4 Å². The number of carbonyl (C=O) groups is 2. The molecule has 2 amide bonds. The van der Waals surface area contributed by atoms with Gasteiger partial charge in [0.05, 0.1) is 17.0 Å². The molecule has 0 bridgehead atoms. The topological polar surface area (TPSA) is 86.8 Å². The average Bonchev–Trinajstić information content (AvgIpc) is 2.83. The molecule has 0 saturated heterocycles. The van der Waals surface area contributed by atoms with E-state index in [9.17, 15) is 18.0 Å². The summed E-state index contributed by atoms with van der Waals surface area (Å²) in [6.07, 6.45) is 2.61. The van der Waals surface area contributed by atoms with Crippen LogP contribution in [0.4, 0.5) is 5.69 Å². The Morgan fingerprint density at radius 2 is 1.73 bits per heavy atom. The third-order valence-corrected chi connectivity index (χ3v) is 8.05. The van der Waals surface area contributed by atoms with Crippen molar-refractivity contribution in [3.8, 4) is 0 Å². The fraction of sp³-hybridized carbons (Fsp3) is 0.481. The highest BCUT2D eigenvalue weighted by Crippen LogP contribution is 2.31. The van der Waals surface area contributed by atoms with Crippen molar-refractivity contribution in [1.82, 2.24) is 10.2 Å². The van der Waals surface area contributed by atoms with Gasteiger partial charge in [-0.1, -0.05) is 61.3 Å². The van der Waals surface area contributed by atoms with E-state index in [4.69, 9.17) is 23.2 Å². The van der Waals surface area contributed by atoms with Crippen LogP contribution in [0.1, 0.15) is 57.6 Å². The lowest BCUT2D eigenvalue weighted by Gasteiger charge is -2.32. The zero-order valence-corrected chi connectivity index (χ0v) is 24.5. The molecular weight excluding hydrogens is 533 g/mol. The molecule has 1 N–H and O–H groups in total. The van der Waals surface area contributed by atoms with E-state index >= 15 is 0 Å². The van der Waals surface area contributed by atoms with Crippen LogP contribution in [0.2, 0.25) is 10.0 Å². The number of amides is 2. The molecule has 0 unspecified atom stereocenters. The summed E-state index contributed by atoms with van der Waals surface area (Å²) in [7, 11) is -3.68. The number of benzene rings is 2. The van der Waals surface area contributed by atoms with Crippen LogP contribution in [-0.4, -0.2) is 50.0 Å². The SMILES string of the molecule is CC[C@@H](C)NC(=O)[C@H](CC)N(Cc1ccccc1C)C(=O)CCCN(c1cc(Cl)ccc1Cl)S(C)(=O)=O. The van der Waals surface area contributed by atoms with E-state index < -0.39 is 16.1 Å². The summed E-state index contributed by atoms with van der Waals surface area (Å²) in [5.41, 5.74) is 2.24. The average molecular weight is 571 g/mol. The van der Waals surface area contributed by atoms with E-state index in [0.29, 0.717) is 11.4 Å². The summed E-state index contributed by atoms with van der Waals surface area (Å²) in [6, 6.07) is 11.7. The zero-order chi connectivity index (χ0) is 27.8. The second-order valence-electron chi connectivity index (χ2n) is 9.22. The maximum atomic E-state index is 13.5. The normalized spacial score (nSPS) is 13.1. The highest BCUT2D eigenvalue weighted by Gasteiger charge is 2.30. The molecule has 37 heavy (non-hydrogen) atoms. The maximum absolute atomic E-state index is 13.5. The third-order valence-electron chi connectivity index (χ3n) is 6.32. The van der Waals surface area contributed by atoms with Gasteiger partial charge in [0, 0.05) is 30.6 Å². The van der Waals surface area contributed by atoms with Gasteiger partial charge in [-0.15, -0.1) is 0 Å². The number of nitrogens with one attached hydrogen (secondary N) is 1. The van der Waals surface area contributed by atoms with Crippen molar-refractivity contribution in [3.05, 3.63) is 63.6 Å². The largest absolute Gasteiger partial charge is 0.352 e. The number of carbonyl (C=O) groups excluding carboxylic acids is 2. The summed E-state index contributed by atoms with van der Waals surface area (Å²) >= 11 is 12.3. The van der Waals surface area contributed by atoms with Crippen molar-refractivity contribution in [3.63, 3.8) is 0 Å². The Morgan fingerprint density at radius 1 is 1.05 bits per heavy atom. The van der Waals surface area contributed by atoms with Gasteiger partial charge in [0.1, 0.15) is 6.04 Å². The molecule has 2 aromatic carbocycles. The van der Waals surface area contributed by atoms with E-state index in [1.165, 1.54) is 12.1 Å². The molecule has 0 aliphatic heterocycles. The van der Waals surface area contributed by atoms with Crippen molar-refractivity contribution in [2.24, 2.45) is 0 Å². The molecule has 0 aliphatic rings. The van der Waals surface area contributed by atoms with E-state index in [1.807, 2.05) is 52.0 Å². The minimum atomic E-state index is -3.68. The lowest BCUT2D eigenvalue weighted by Crippen LogP contribution is -2.50. The maximum Gasteiger partial charge on any atom is 0.243 e. The van der Waals surface area contributed by atoms with Gasteiger partial charge in [-0.3, -0.25) is 13.9 Å². The number of halogens is 2. The summed E-state index contributed by atoms with van der Waals surface area (Å²) in [4.78, 5) is 28.3. The van der Waals surface area contributed by atoms with Crippen LogP contribution in [0.5, 0.6) is 0 Å². The van der Waals surface area contributed by atoms with Gasteiger partial charge in [-0.25, -0.2) is 8.42 Å². The number of hydrogen-bond acceptors (Lipinski definition) is 4. The van der Waals surface area contributed by atoms with Crippen molar-refractivity contribution < 1.29 is 18.0 Å². The number of anilines is 1. The summed E-state index contributed by atoms with van der Waals surface area (Å²) in [5, 5.41) is 3.59. The minimum absolute atomic E-state index is 0.0114. The molecule has 0 radical (unpaired) electrons. The first-order chi connectivity index (χ1) is 17.4.